The average Bonchev–Trinajstić information content (AvgIpc) is 3.23. The monoisotopic (exact) mass is 413 g/mol. The fourth-order valence-electron chi connectivity index (χ4n) is 2.76. The Hall–Kier alpha value is -3.19. The molecule has 1 aliphatic heterocycles. The van der Waals surface area contributed by atoms with E-state index in [-0.39, 0.29) is 18.7 Å². The number of carbonyl (C=O) groups excluding carboxylic acids is 3. The first-order valence-electron chi connectivity index (χ1n) is 9.15. The van der Waals surface area contributed by atoms with E-state index in [0.29, 0.717) is 23.7 Å². The number of amides is 2. The van der Waals surface area contributed by atoms with Gasteiger partial charge < -0.3 is 10.1 Å². The summed E-state index contributed by atoms with van der Waals surface area (Å²) in [5, 5.41) is 8.86. The molecule has 2 aromatic rings. The normalized spacial score (nSPS) is 13.0. The number of hydrazone groups is 1. The summed E-state index contributed by atoms with van der Waals surface area (Å²) in [5.74, 6) is -1.33. The first-order valence-corrected chi connectivity index (χ1v) is 9.53. The van der Waals surface area contributed by atoms with Crippen molar-refractivity contribution >= 4 is 40.8 Å². The highest BCUT2D eigenvalue weighted by Gasteiger charge is 2.22. The molecule has 1 N–H and O–H groups in total. The van der Waals surface area contributed by atoms with Crippen LogP contribution < -0.4 is 5.32 Å². The number of anilines is 1. The van der Waals surface area contributed by atoms with Gasteiger partial charge in [0.25, 0.3) is 5.91 Å². The number of halogens is 1. The average molecular weight is 414 g/mol. The molecule has 1 heterocycles. The third-order valence-corrected chi connectivity index (χ3v) is 4.48. The van der Waals surface area contributed by atoms with Crippen LogP contribution in [0.25, 0.3) is 0 Å². The molecule has 8 heteroatoms. The Balaban J connectivity index is 1.39. The molecule has 0 saturated carbocycles. The molecule has 2 amide bonds. The zero-order chi connectivity index (χ0) is 20.6. The van der Waals surface area contributed by atoms with Crippen LogP contribution in [-0.2, 0) is 19.1 Å². The van der Waals surface area contributed by atoms with Crippen LogP contribution in [-0.4, -0.2) is 41.7 Å². The number of hydrogen-bond acceptors (Lipinski definition) is 5. The van der Waals surface area contributed by atoms with Gasteiger partial charge in [-0.15, -0.1) is 0 Å². The van der Waals surface area contributed by atoms with Crippen molar-refractivity contribution < 1.29 is 19.1 Å². The fraction of sp³-hybridized carbons (Fsp3) is 0.238. The summed E-state index contributed by atoms with van der Waals surface area (Å²) in [6, 6.07) is 16.2. The van der Waals surface area contributed by atoms with Gasteiger partial charge in [0.15, 0.2) is 6.61 Å². The fourth-order valence-corrected chi connectivity index (χ4v) is 2.88. The largest absolute Gasteiger partial charge is 0.456 e. The standard InChI is InChI=1S/C21H20ClN3O4/c22-16-6-8-17(9-7-16)23-19(26)14-29-21(28)11-10-20(27)25-13-12-18(24-25)15-4-2-1-3-5-15/h1-9H,10-14H2,(H,23,26). The van der Waals surface area contributed by atoms with E-state index >= 15 is 0 Å². The molecule has 0 atom stereocenters. The van der Waals surface area contributed by atoms with Crippen molar-refractivity contribution in [3.05, 3.63) is 65.2 Å². The summed E-state index contributed by atoms with van der Waals surface area (Å²) in [6.07, 6.45) is 0.536. The Labute approximate surface area is 173 Å². The van der Waals surface area contributed by atoms with E-state index in [1.807, 2.05) is 30.3 Å². The summed E-state index contributed by atoms with van der Waals surface area (Å²) in [5.41, 5.74) is 2.38. The lowest BCUT2D eigenvalue weighted by molar-refractivity contribution is -0.148. The molecule has 150 valence electrons. The van der Waals surface area contributed by atoms with E-state index in [0.717, 1.165) is 11.3 Å². The maximum Gasteiger partial charge on any atom is 0.306 e. The molecule has 29 heavy (non-hydrogen) atoms. The molecule has 0 bridgehead atoms. The van der Waals surface area contributed by atoms with Crippen LogP contribution in [0.4, 0.5) is 5.69 Å². The highest BCUT2D eigenvalue weighted by molar-refractivity contribution is 6.30. The summed E-state index contributed by atoms with van der Waals surface area (Å²) >= 11 is 5.78. The van der Waals surface area contributed by atoms with E-state index < -0.39 is 18.5 Å². The number of rotatable bonds is 7. The van der Waals surface area contributed by atoms with Crippen LogP contribution in [0.2, 0.25) is 5.02 Å². The van der Waals surface area contributed by atoms with Gasteiger partial charge in [0.2, 0.25) is 5.91 Å². The van der Waals surface area contributed by atoms with Crippen molar-refractivity contribution in [1.29, 1.82) is 0 Å². The lowest BCUT2D eigenvalue weighted by Crippen LogP contribution is -2.25. The lowest BCUT2D eigenvalue weighted by Gasteiger charge is -2.11. The smallest absolute Gasteiger partial charge is 0.306 e. The Morgan fingerprint density at radius 3 is 2.48 bits per heavy atom. The molecule has 0 radical (unpaired) electrons. The zero-order valence-electron chi connectivity index (χ0n) is 15.6. The first-order chi connectivity index (χ1) is 14.0. The van der Waals surface area contributed by atoms with E-state index in [9.17, 15) is 14.4 Å². The Bertz CT molecular complexity index is 913. The second kappa shape index (κ2) is 9.84. The van der Waals surface area contributed by atoms with E-state index in [1.165, 1.54) is 5.01 Å². The van der Waals surface area contributed by atoms with Crippen LogP contribution >= 0.6 is 11.6 Å². The summed E-state index contributed by atoms with van der Waals surface area (Å²) < 4.78 is 4.92. The second-order valence-corrected chi connectivity index (χ2v) is 6.83. The van der Waals surface area contributed by atoms with E-state index in [4.69, 9.17) is 16.3 Å². The summed E-state index contributed by atoms with van der Waals surface area (Å²) in [6.45, 7) is 0.0667. The first kappa shape index (κ1) is 20.5. The predicted octanol–water partition coefficient (Wildman–Crippen LogP) is 3.24. The van der Waals surface area contributed by atoms with Crippen molar-refractivity contribution in [3.63, 3.8) is 0 Å². The molecule has 7 nitrogen and oxygen atoms in total. The number of nitrogens with one attached hydrogen (secondary N) is 1. The van der Waals surface area contributed by atoms with Gasteiger partial charge in [-0.1, -0.05) is 41.9 Å². The number of carbonyl (C=O) groups is 3. The molecular weight excluding hydrogens is 394 g/mol. The molecule has 0 aliphatic carbocycles. The van der Waals surface area contributed by atoms with Crippen LogP contribution in [0.15, 0.2) is 59.7 Å². The van der Waals surface area contributed by atoms with Gasteiger partial charge in [-0.2, -0.15) is 5.10 Å². The second-order valence-electron chi connectivity index (χ2n) is 6.40. The molecule has 3 rings (SSSR count). The maximum atomic E-state index is 12.3. The van der Waals surface area contributed by atoms with Crippen molar-refractivity contribution in [3.8, 4) is 0 Å². The SMILES string of the molecule is O=C(COC(=O)CCC(=O)N1CCC(c2ccccc2)=N1)Nc1ccc(Cl)cc1. The van der Waals surface area contributed by atoms with Crippen molar-refractivity contribution in [2.75, 3.05) is 18.5 Å². The molecular formula is C21H20ClN3O4. The predicted molar refractivity (Wildman–Crippen MR) is 110 cm³/mol. The quantitative estimate of drug-likeness (QED) is 0.706. The molecule has 0 saturated heterocycles. The van der Waals surface area contributed by atoms with Gasteiger partial charge in [0, 0.05) is 23.6 Å². The highest BCUT2D eigenvalue weighted by Crippen LogP contribution is 2.15. The minimum Gasteiger partial charge on any atom is -0.456 e. The van der Waals surface area contributed by atoms with Gasteiger partial charge in [-0.25, -0.2) is 5.01 Å². The Morgan fingerprint density at radius 2 is 1.76 bits per heavy atom. The van der Waals surface area contributed by atoms with E-state index in [2.05, 4.69) is 10.4 Å². The van der Waals surface area contributed by atoms with Crippen LogP contribution in [0.3, 0.4) is 0 Å². The van der Waals surface area contributed by atoms with Gasteiger partial charge in [-0.05, 0) is 29.8 Å². The van der Waals surface area contributed by atoms with E-state index in [1.54, 1.807) is 24.3 Å². The van der Waals surface area contributed by atoms with Crippen LogP contribution in [0, 0.1) is 0 Å². The number of esters is 1. The minimum atomic E-state index is -0.615. The summed E-state index contributed by atoms with van der Waals surface area (Å²) in [4.78, 5) is 35.9. The van der Waals surface area contributed by atoms with Gasteiger partial charge >= 0.3 is 5.97 Å². The molecule has 2 aromatic carbocycles. The minimum absolute atomic E-state index is 0.0246. The van der Waals surface area contributed by atoms with Gasteiger partial charge in [0.05, 0.1) is 18.7 Å². The third-order valence-electron chi connectivity index (χ3n) is 4.23. The topological polar surface area (TPSA) is 88.1 Å². The third kappa shape index (κ3) is 6.15. The molecule has 0 spiro atoms. The van der Waals surface area contributed by atoms with Crippen LogP contribution in [0.1, 0.15) is 24.8 Å². The van der Waals surface area contributed by atoms with Crippen molar-refractivity contribution in [2.24, 2.45) is 5.10 Å². The number of hydrogen-bond donors (Lipinski definition) is 1. The molecule has 0 fully saturated rings. The maximum absolute atomic E-state index is 12.3. The number of nitrogens with zero attached hydrogens (tertiary/aromatic N) is 2. The molecule has 0 aromatic heterocycles. The number of benzene rings is 2. The lowest BCUT2D eigenvalue weighted by atomic mass is 10.1. The zero-order valence-corrected chi connectivity index (χ0v) is 16.4. The van der Waals surface area contributed by atoms with Crippen molar-refractivity contribution in [2.45, 2.75) is 19.3 Å². The molecule has 1 aliphatic rings. The van der Waals surface area contributed by atoms with Gasteiger partial charge in [-0.3, -0.25) is 14.4 Å². The van der Waals surface area contributed by atoms with Gasteiger partial charge in [0.1, 0.15) is 0 Å². The van der Waals surface area contributed by atoms with Crippen LogP contribution in [0.5, 0.6) is 0 Å². The summed E-state index contributed by atoms with van der Waals surface area (Å²) in [7, 11) is 0. The Kier molecular flexibility index (Phi) is 6.97. The Morgan fingerprint density at radius 1 is 1.03 bits per heavy atom. The van der Waals surface area contributed by atoms with Crippen molar-refractivity contribution in [1.82, 2.24) is 5.01 Å². The number of ether oxygens (including phenoxy) is 1. The highest BCUT2D eigenvalue weighted by atomic mass is 35.5. The molecule has 0 unspecified atom stereocenters.